The van der Waals surface area contributed by atoms with Crippen LogP contribution >= 0.6 is 0 Å². The minimum atomic E-state index is 0.669. The molecule has 0 radical (unpaired) electrons. The molecule has 0 amide bonds. The van der Waals surface area contributed by atoms with Gasteiger partial charge in [-0.3, -0.25) is 9.67 Å². The molecule has 0 aliphatic rings. The molecule has 29 heavy (non-hydrogen) atoms. The highest BCUT2D eigenvalue weighted by Gasteiger charge is 2.05. The first-order valence-electron chi connectivity index (χ1n) is 9.81. The summed E-state index contributed by atoms with van der Waals surface area (Å²) in [6.45, 7) is 4.30. The summed E-state index contributed by atoms with van der Waals surface area (Å²) in [5.74, 6) is 1.69. The van der Waals surface area contributed by atoms with Crippen LogP contribution in [0, 0.1) is 6.92 Å². The number of hydrogen-bond acceptors (Lipinski definition) is 3. The van der Waals surface area contributed by atoms with Crippen LogP contribution in [0.15, 0.2) is 65.9 Å². The maximum atomic E-state index is 5.45. The van der Waals surface area contributed by atoms with Gasteiger partial charge < -0.3 is 15.4 Å². The second-order valence-corrected chi connectivity index (χ2v) is 6.95. The molecule has 3 rings (SSSR count). The van der Waals surface area contributed by atoms with E-state index in [1.165, 1.54) is 16.7 Å². The van der Waals surface area contributed by atoms with Crippen molar-refractivity contribution in [2.45, 2.75) is 26.4 Å². The number of nitrogens with zero attached hydrogens (tertiary/aromatic N) is 3. The van der Waals surface area contributed by atoms with E-state index in [0.29, 0.717) is 6.54 Å². The monoisotopic (exact) mass is 391 g/mol. The molecular formula is C23H29N5O. The summed E-state index contributed by atoms with van der Waals surface area (Å²) in [6.07, 6.45) is 4.81. The lowest BCUT2D eigenvalue weighted by Gasteiger charge is -2.13. The molecule has 6 heteroatoms. The summed E-state index contributed by atoms with van der Waals surface area (Å²) < 4.78 is 7.40. The van der Waals surface area contributed by atoms with Crippen LogP contribution in [0.5, 0.6) is 5.75 Å². The first-order valence-corrected chi connectivity index (χ1v) is 9.81. The van der Waals surface area contributed by atoms with Crippen molar-refractivity contribution < 1.29 is 4.74 Å². The third-order valence-electron chi connectivity index (χ3n) is 4.68. The van der Waals surface area contributed by atoms with Gasteiger partial charge in [0.1, 0.15) is 5.75 Å². The predicted octanol–water partition coefficient (Wildman–Crippen LogP) is 3.16. The highest BCUT2D eigenvalue weighted by atomic mass is 16.5. The van der Waals surface area contributed by atoms with Crippen molar-refractivity contribution >= 4 is 5.96 Å². The quantitative estimate of drug-likeness (QED) is 0.457. The highest BCUT2D eigenvalue weighted by Crippen LogP contribution is 2.19. The molecule has 0 fully saturated rings. The van der Waals surface area contributed by atoms with Crippen molar-refractivity contribution in [1.82, 2.24) is 20.4 Å². The van der Waals surface area contributed by atoms with Crippen molar-refractivity contribution in [3.8, 4) is 5.75 Å². The number of aromatic nitrogens is 2. The lowest BCUT2D eigenvalue weighted by molar-refractivity contribution is 0.409. The molecule has 1 aromatic heterocycles. The molecule has 0 aliphatic carbocycles. The lowest BCUT2D eigenvalue weighted by atomic mass is 10.1. The summed E-state index contributed by atoms with van der Waals surface area (Å²) >= 11 is 0. The van der Waals surface area contributed by atoms with Crippen LogP contribution in [-0.2, 0) is 19.5 Å². The van der Waals surface area contributed by atoms with Crippen molar-refractivity contribution in [1.29, 1.82) is 0 Å². The fourth-order valence-corrected chi connectivity index (χ4v) is 3.18. The van der Waals surface area contributed by atoms with Crippen LogP contribution in [0.2, 0.25) is 0 Å². The molecule has 152 valence electrons. The Hall–Kier alpha value is -3.28. The van der Waals surface area contributed by atoms with E-state index in [2.05, 4.69) is 58.1 Å². The molecule has 3 aromatic rings. The number of guanidine groups is 1. The molecular weight excluding hydrogens is 362 g/mol. The number of benzene rings is 2. The summed E-state index contributed by atoms with van der Waals surface area (Å²) in [5, 5.41) is 11.2. The maximum Gasteiger partial charge on any atom is 0.191 e. The summed E-state index contributed by atoms with van der Waals surface area (Å²) in [4.78, 5) is 4.30. The van der Waals surface area contributed by atoms with Gasteiger partial charge in [0.05, 0.1) is 19.9 Å². The zero-order chi connectivity index (χ0) is 20.5. The second-order valence-electron chi connectivity index (χ2n) is 6.95. The van der Waals surface area contributed by atoms with Crippen LogP contribution in [0.25, 0.3) is 0 Å². The van der Waals surface area contributed by atoms with Gasteiger partial charge in [-0.25, -0.2) is 0 Å². The Labute approximate surface area is 172 Å². The smallest absolute Gasteiger partial charge is 0.191 e. The van der Waals surface area contributed by atoms with Gasteiger partial charge in [0.2, 0.25) is 0 Å². The fourth-order valence-electron chi connectivity index (χ4n) is 3.18. The van der Waals surface area contributed by atoms with E-state index in [4.69, 9.17) is 4.74 Å². The summed E-state index contributed by atoms with van der Waals surface area (Å²) in [6, 6.07) is 16.6. The van der Waals surface area contributed by atoms with Gasteiger partial charge in [-0.05, 0) is 30.5 Å². The Morgan fingerprint density at radius 2 is 1.93 bits per heavy atom. The number of ether oxygens (including phenoxy) is 1. The number of nitrogens with one attached hydrogen (secondary N) is 2. The van der Waals surface area contributed by atoms with E-state index in [1.807, 2.05) is 35.1 Å². The van der Waals surface area contributed by atoms with Gasteiger partial charge in [0.25, 0.3) is 0 Å². The van der Waals surface area contributed by atoms with Crippen LogP contribution in [0.3, 0.4) is 0 Å². The maximum absolute atomic E-state index is 5.45. The minimum absolute atomic E-state index is 0.669. The molecule has 2 N–H and O–H groups in total. The third kappa shape index (κ3) is 6.10. The number of hydrogen-bond donors (Lipinski definition) is 2. The second kappa shape index (κ2) is 10.3. The SMILES string of the molecule is CN=C(NCCc1cc(C)ccc1OC)NCc1cnn(Cc2ccccc2)c1. The molecule has 0 bridgehead atoms. The Morgan fingerprint density at radius 1 is 1.10 bits per heavy atom. The zero-order valence-corrected chi connectivity index (χ0v) is 17.4. The average molecular weight is 392 g/mol. The fraction of sp³-hybridized carbons (Fsp3) is 0.304. The van der Waals surface area contributed by atoms with Gasteiger partial charge in [0.15, 0.2) is 5.96 Å². The van der Waals surface area contributed by atoms with E-state index in [9.17, 15) is 0 Å². The summed E-state index contributed by atoms with van der Waals surface area (Å²) in [5.41, 5.74) is 4.77. The first kappa shape index (κ1) is 20.5. The van der Waals surface area contributed by atoms with Crippen LogP contribution in [0.1, 0.15) is 22.3 Å². The first-order chi connectivity index (χ1) is 14.2. The van der Waals surface area contributed by atoms with Crippen molar-refractivity contribution in [3.05, 3.63) is 83.2 Å². The molecule has 0 saturated carbocycles. The Balaban J connectivity index is 1.47. The normalized spacial score (nSPS) is 11.3. The molecule has 6 nitrogen and oxygen atoms in total. The molecule has 0 unspecified atom stereocenters. The number of methoxy groups -OCH3 is 1. The van der Waals surface area contributed by atoms with Crippen LogP contribution < -0.4 is 15.4 Å². The standard InChI is InChI=1S/C23H29N5O/c1-18-9-10-22(29-3)21(13-18)11-12-25-23(24-2)26-14-20-15-27-28(17-20)16-19-7-5-4-6-8-19/h4-10,13,15,17H,11-12,14,16H2,1-3H3,(H2,24,25,26). The molecule has 0 spiro atoms. The van der Waals surface area contributed by atoms with Gasteiger partial charge >= 0.3 is 0 Å². The van der Waals surface area contributed by atoms with Gasteiger partial charge in [-0.15, -0.1) is 0 Å². The predicted molar refractivity (Wildman–Crippen MR) is 117 cm³/mol. The van der Waals surface area contributed by atoms with E-state index in [-0.39, 0.29) is 0 Å². The minimum Gasteiger partial charge on any atom is -0.496 e. The Kier molecular flexibility index (Phi) is 7.28. The lowest BCUT2D eigenvalue weighted by Crippen LogP contribution is -2.37. The van der Waals surface area contributed by atoms with E-state index in [1.54, 1.807) is 14.2 Å². The summed E-state index contributed by atoms with van der Waals surface area (Å²) in [7, 11) is 3.49. The highest BCUT2D eigenvalue weighted by molar-refractivity contribution is 5.79. The third-order valence-corrected chi connectivity index (χ3v) is 4.68. The number of aryl methyl sites for hydroxylation is 1. The van der Waals surface area contributed by atoms with Crippen LogP contribution in [-0.4, -0.2) is 36.4 Å². The molecule has 0 saturated heterocycles. The molecule has 0 atom stereocenters. The van der Waals surface area contributed by atoms with Gasteiger partial charge in [0, 0.05) is 31.9 Å². The Morgan fingerprint density at radius 3 is 2.69 bits per heavy atom. The van der Waals surface area contributed by atoms with Gasteiger partial charge in [-0.2, -0.15) is 5.10 Å². The Bertz CT molecular complexity index is 933. The van der Waals surface area contributed by atoms with E-state index in [0.717, 1.165) is 36.8 Å². The topological polar surface area (TPSA) is 63.5 Å². The average Bonchev–Trinajstić information content (AvgIpc) is 3.18. The molecule has 1 heterocycles. The van der Waals surface area contributed by atoms with Crippen molar-refractivity contribution in [3.63, 3.8) is 0 Å². The van der Waals surface area contributed by atoms with Crippen LogP contribution in [0.4, 0.5) is 0 Å². The molecule has 0 aliphatic heterocycles. The zero-order valence-electron chi connectivity index (χ0n) is 17.4. The van der Waals surface area contributed by atoms with Crippen molar-refractivity contribution in [2.24, 2.45) is 4.99 Å². The largest absolute Gasteiger partial charge is 0.496 e. The van der Waals surface area contributed by atoms with E-state index >= 15 is 0 Å². The van der Waals surface area contributed by atoms with Crippen molar-refractivity contribution in [2.75, 3.05) is 20.7 Å². The number of rotatable bonds is 8. The number of aliphatic imine (C=N–C) groups is 1. The van der Waals surface area contributed by atoms with E-state index < -0.39 is 0 Å². The molecule has 2 aromatic carbocycles. The van der Waals surface area contributed by atoms with Gasteiger partial charge in [-0.1, -0.05) is 48.0 Å².